The summed E-state index contributed by atoms with van der Waals surface area (Å²) in [5.74, 6) is -0.806. The third kappa shape index (κ3) is 4.57. The number of rotatable bonds is 7. The maximum Gasteiger partial charge on any atom is 0.298 e. The predicted molar refractivity (Wildman–Crippen MR) is 96.9 cm³/mol. The number of benzene rings is 2. The molecule has 0 aliphatic rings. The van der Waals surface area contributed by atoms with Gasteiger partial charge in [0, 0.05) is 6.54 Å². The Kier molecular flexibility index (Phi) is 6.27. The number of hydrogen-bond donors (Lipinski definition) is 2. The van der Waals surface area contributed by atoms with Crippen LogP contribution >= 0.6 is 0 Å². The predicted octanol–water partition coefficient (Wildman–Crippen LogP) is 2.77. The van der Waals surface area contributed by atoms with E-state index in [1.54, 1.807) is 0 Å². The number of hydrogen-bond acceptors (Lipinski definition) is 5. The fraction of sp³-hybridized carbons (Fsp3) is 0.150. The second-order valence-electron chi connectivity index (χ2n) is 5.76. The Morgan fingerprint density at radius 1 is 1.15 bits per heavy atom. The molecule has 0 aliphatic heterocycles. The molecular formula is C20H19NO5. The summed E-state index contributed by atoms with van der Waals surface area (Å²) in [5.41, 5.74) is 2.44. The molecule has 0 aromatic heterocycles. The lowest BCUT2D eigenvalue weighted by Crippen LogP contribution is -2.23. The van der Waals surface area contributed by atoms with Gasteiger partial charge in [0.15, 0.2) is 0 Å². The highest BCUT2D eigenvalue weighted by Crippen LogP contribution is 2.33. The number of aryl methyl sites for hydroxylation is 1. The van der Waals surface area contributed by atoms with Gasteiger partial charge in [0.05, 0.1) is 11.1 Å². The molecule has 6 nitrogen and oxygen atoms in total. The first-order chi connectivity index (χ1) is 12.5. The Labute approximate surface area is 151 Å². The van der Waals surface area contributed by atoms with E-state index in [1.165, 1.54) is 25.1 Å². The van der Waals surface area contributed by atoms with Crippen LogP contribution in [0.4, 0.5) is 0 Å². The van der Waals surface area contributed by atoms with Crippen LogP contribution in [0.15, 0.2) is 42.0 Å². The minimum Gasteiger partial charge on any atom is -0.506 e. The average molecular weight is 353 g/mol. The van der Waals surface area contributed by atoms with Crippen LogP contribution < -0.4 is 10.1 Å². The third-order valence-corrected chi connectivity index (χ3v) is 3.73. The molecule has 0 radical (unpaired) electrons. The lowest BCUT2D eigenvalue weighted by atomic mass is 10.0. The molecule has 0 bridgehead atoms. The van der Waals surface area contributed by atoms with E-state index in [-0.39, 0.29) is 29.1 Å². The molecule has 0 atom stereocenters. The summed E-state index contributed by atoms with van der Waals surface area (Å²) in [6.45, 7) is 4.00. The van der Waals surface area contributed by atoms with E-state index in [0.717, 1.165) is 11.1 Å². The zero-order chi connectivity index (χ0) is 19.1. The molecule has 0 saturated carbocycles. The molecule has 26 heavy (non-hydrogen) atoms. The molecule has 2 aromatic rings. The number of aromatic hydroxyl groups is 1. The number of amides is 1. The SMILES string of the molecule is C/C(C=O)=C\c1c(OC=O)ccc(C(=O)NCc2ccc(C)cc2)c1O. The first kappa shape index (κ1) is 18.9. The van der Waals surface area contributed by atoms with Crippen LogP contribution in [-0.4, -0.2) is 23.8 Å². The van der Waals surface area contributed by atoms with Gasteiger partial charge in [-0.25, -0.2) is 0 Å². The summed E-state index contributed by atoms with van der Waals surface area (Å²) in [6, 6.07) is 10.4. The number of aldehydes is 1. The number of phenols is 1. The van der Waals surface area contributed by atoms with Crippen LogP contribution in [0.1, 0.15) is 34.0 Å². The van der Waals surface area contributed by atoms with Crippen LogP contribution in [-0.2, 0) is 16.1 Å². The minimum atomic E-state index is -0.487. The Hall–Kier alpha value is -3.41. The quantitative estimate of drug-likeness (QED) is 0.590. The Balaban J connectivity index is 2.28. The summed E-state index contributed by atoms with van der Waals surface area (Å²) >= 11 is 0. The van der Waals surface area contributed by atoms with E-state index in [9.17, 15) is 19.5 Å². The number of carbonyl (C=O) groups excluding carboxylic acids is 3. The topological polar surface area (TPSA) is 92.7 Å². The smallest absolute Gasteiger partial charge is 0.298 e. The lowest BCUT2D eigenvalue weighted by Gasteiger charge is -2.12. The zero-order valence-corrected chi connectivity index (χ0v) is 14.5. The van der Waals surface area contributed by atoms with Crippen molar-refractivity contribution in [2.45, 2.75) is 20.4 Å². The maximum atomic E-state index is 12.4. The Morgan fingerprint density at radius 2 is 1.85 bits per heavy atom. The fourth-order valence-corrected chi connectivity index (χ4v) is 2.31. The molecule has 2 aromatic carbocycles. The van der Waals surface area contributed by atoms with Gasteiger partial charge >= 0.3 is 0 Å². The van der Waals surface area contributed by atoms with Gasteiger partial charge in [0.2, 0.25) is 0 Å². The van der Waals surface area contributed by atoms with Crippen LogP contribution in [0.5, 0.6) is 11.5 Å². The van der Waals surface area contributed by atoms with E-state index in [1.807, 2.05) is 31.2 Å². The summed E-state index contributed by atoms with van der Waals surface area (Å²) in [6.07, 6.45) is 1.94. The van der Waals surface area contributed by atoms with Gasteiger partial charge in [-0.1, -0.05) is 29.8 Å². The van der Waals surface area contributed by atoms with Gasteiger partial charge in [-0.15, -0.1) is 0 Å². The van der Waals surface area contributed by atoms with Crippen molar-refractivity contribution in [1.82, 2.24) is 5.32 Å². The molecule has 0 spiro atoms. The molecule has 1 amide bonds. The van der Waals surface area contributed by atoms with Gasteiger partial charge in [-0.3, -0.25) is 14.4 Å². The highest BCUT2D eigenvalue weighted by Gasteiger charge is 2.17. The molecule has 0 unspecified atom stereocenters. The lowest BCUT2D eigenvalue weighted by molar-refractivity contribution is -0.120. The maximum absolute atomic E-state index is 12.4. The van der Waals surface area contributed by atoms with E-state index >= 15 is 0 Å². The van der Waals surface area contributed by atoms with Crippen molar-refractivity contribution in [3.8, 4) is 11.5 Å². The standard InChI is InChI=1S/C20H19NO5/c1-13-3-5-15(6-4-13)10-21-20(25)16-7-8-18(26-12-23)17(19(16)24)9-14(2)11-22/h3-9,11-12,24H,10H2,1-2H3,(H,21,25)/b14-9+. The normalized spacial score (nSPS) is 10.9. The first-order valence-corrected chi connectivity index (χ1v) is 7.89. The molecule has 0 fully saturated rings. The van der Waals surface area contributed by atoms with E-state index in [0.29, 0.717) is 18.4 Å². The summed E-state index contributed by atoms with van der Waals surface area (Å²) in [5, 5.41) is 13.1. The number of phenolic OH excluding ortho intramolecular Hbond substituents is 1. The van der Waals surface area contributed by atoms with Crippen molar-refractivity contribution in [2.24, 2.45) is 0 Å². The number of carbonyl (C=O) groups is 3. The molecule has 2 rings (SSSR count). The molecule has 6 heteroatoms. The summed E-state index contributed by atoms with van der Waals surface area (Å²) < 4.78 is 4.81. The molecular weight excluding hydrogens is 334 g/mol. The monoisotopic (exact) mass is 353 g/mol. The third-order valence-electron chi connectivity index (χ3n) is 3.73. The van der Waals surface area contributed by atoms with Gasteiger partial charge in [0.25, 0.3) is 12.4 Å². The van der Waals surface area contributed by atoms with Crippen molar-refractivity contribution in [2.75, 3.05) is 0 Å². The number of allylic oxidation sites excluding steroid dienone is 1. The number of nitrogens with one attached hydrogen (secondary N) is 1. The molecule has 134 valence electrons. The van der Waals surface area contributed by atoms with Gasteiger partial charge in [-0.05, 0) is 43.2 Å². The summed E-state index contributed by atoms with van der Waals surface area (Å²) in [7, 11) is 0. The second-order valence-corrected chi connectivity index (χ2v) is 5.76. The Morgan fingerprint density at radius 3 is 2.46 bits per heavy atom. The van der Waals surface area contributed by atoms with Crippen LogP contribution in [0.2, 0.25) is 0 Å². The largest absolute Gasteiger partial charge is 0.506 e. The highest BCUT2D eigenvalue weighted by molar-refractivity contribution is 5.99. The second kappa shape index (κ2) is 8.62. The molecule has 0 aliphatic carbocycles. The molecule has 2 N–H and O–H groups in total. The number of ether oxygens (including phenoxy) is 1. The van der Waals surface area contributed by atoms with Crippen molar-refractivity contribution in [1.29, 1.82) is 0 Å². The van der Waals surface area contributed by atoms with E-state index in [2.05, 4.69) is 5.32 Å². The fourth-order valence-electron chi connectivity index (χ4n) is 2.31. The Bertz CT molecular complexity index is 853. The van der Waals surface area contributed by atoms with Gasteiger partial charge in [-0.2, -0.15) is 0 Å². The van der Waals surface area contributed by atoms with Crippen molar-refractivity contribution in [3.63, 3.8) is 0 Å². The first-order valence-electron chi connectivity index (χ1n) is 7.89. The molecule has 0 heterocycles. The van der Waals surface area contributed by atoms with Crippen LogP contribution in [0.25, 0.3) is 6.08 Å². The van der Waals surface area contributed by atoms with E-state index < -0.39 is 5.91 Å². The molecule has 0 saturated heterocycles. The van der Waals surface area contributed by atoms with Crippen LogP contribution in [0, 0.1) is 6.92 Å². The van der Waals surface area contributed by atoms with E-state index in [4.69, 9.17) is 4.74 Å². The van der Waals surface area contributed by atoms with Crippen molar-refractivity contribution < 1.29 is 24.2 Å². The average Bonchev–Trinajstić information content (AvgIpc) is 2.64. The highest BCUT2D eigenvalue weighted by atomic mass is 16.5. The minimum absolute atomic E-state index is 0.0142. The van der Waals surface area contributed by atoms with Gasteiger partial charge in [0.1, 0.15) is 17.8 Å². The van der Waals surface area contributed by atoms with Gasteiger partial charge < -0.3 is 15.2 Å². The summed E-state index contributed by atoms with van der Waals surface area (Å²) in [4.78, 5) is 33.9. The zero-order valence-electron chi connectivity index (χ0n) is 14.5. The van der Waals surface area contributed by atoms with Crippen molar-refractivity contribution >= 4 is 24.7 Å². The van der Waals surface area contributed by atoms with Crippen molar-refractivity contribution in [3.05, 3.63) is 64.2 Å². The van der Waals surface area contributed by atoms with Crippen LogP contribution in [0.3, 0.4) is 0 Å².